The molecule has 1 amide bonds. The number of amides is 1. The van der Waals surface area contributed by atoms with Crippen LogP contribution in [0.5, 0.6) is 11.5 Å². The minimum Gasteiger partial charge on any atom is -0.497 e. The summed E-state index contributed by atoms with van der Waals surface area (Å²) in [6, 6.07) is 7.87. The molecule has 1 atom stereocenters. The topological polar surface area (TPSA) is 73.9 Å². The van der Waals surface area contributed by atoms with Gasteiger partial charge < -0.3 is 19.5 Å². The number of rotatable bonds is 6. The van der Waals surface area contributed by atoms with E-state index in [1.807, 2.05) is 0 Å². The van der Waals surface area contributed by atoms with Gasteiger partial charge >= 0.3 is 12.3 Å². The van der Waals surface area contributed by atoms with Gasteiger partial charge in [0.05, 0.1) is 12.7 Å². The first-order valence-corrected chi connectivity index (χ1v) is 7.80. The maximum atomic E-state index is 13.9. The molecule has 0 unspecified atom stereocenters. The van der Waals surface area contributed by atoms with Gasteiger partial charge in [-0.05, 0) is 43.3 Å². The van der Waals surface area contributed by atoms with E-state index >= 15 is 0 Å². The number of hydrogen-bond acceptors (Lipinski definition) is 5. The smallest absolute Gasteiger partial charge is 0.497 e. The van der Waals surface area contributed by atoms with Crippen LogP contribution < -0.4 is 14.8 Å². The van der Waals surface area contributed by atoms with Crippen molar-refractivity contribution in [3.05, 3.63) is 53.8 Å². The number of carbonyl (C=O) groups excluding carboxylic acids is 2. The third-order valence-corrected chi connectivity index (χ3v) is 3.40. The predicted octanol–water partition coefficient (Wildman–Crippen LogP) is 3.92. The van der Waals surface area contributed by atoms with Crippen LogP contribution in [0.3, 0.4) is 0 Å². The maximum absolute atomic E-state index is 13.9. The van der Waals surface area contributed by atoms with Gasteiger partial charge in [0.25, 0.3) is 5.91 Å². The Balaban J connectivity index is 1.96. The van der Waals surface area contributed by atoms with Crippen LogP contribution in [0.15, 0.2) is 42.5 Å². The Bertz CT molecular complexity index is 852. The molecule has 0 aliphatic carbocycles. The van der Waals surface area contributed by atoms with Crippen molar-refractivity contribution in [1.82, 2.24) is 0 Å². The van der Waals surface area contributed by atoms with E-state index < -0.39 is 35.9 Å². The standard InChI is InChI=1S/C18H15F4NO5/c1-10(27-17(25)14-8-7-13(26-2)9-15(14)19)16(24)23-11-3-5-12(6-4-11)28-18(20,21)22/h3-10H,1-2H3,(H,23,24)/t10-/m1/s1. The highest BCUT2D eigenvalue weighted by atomic mass is 19.4. The van der Waals surface area contributed by atoms with Crippen molar-refractivity contribution in [2.75, 3.05) is 12.4 Å². The van der Waals surface area contributed by atoms with E-state index in [9.17, 15) is 27.2 Å². The molecule has 150 valence electrons. The predicted molar refractivity (Wildman–Crippen MR) is 89.6 cm³/mol. The molecule has 0 fully saturated rings. The molecule has 0 saturated carbocycles. The molecular weight excluding hydrogens is 386 g/mol. The van der Waals surface area contributed by atoms with Crippen molar-refractivity contribution >= 4 is 17.6 Å². The van der Waals surface area contributed by atoms with E-state index in [-0.39, 0.29) is 17.0 Å². The molecule has 0 radical (unpaired) electrons. The molecule has 28 heavy (non-hydrogen) atoms. The third-order valence-electron chi connectivity index (χ3n) is 3.40. The highest BCUT2D eigenvalue weighted by molar-refractivity contribution is 5.97. The molecule has 0 aliphatic rings. The maximum Gasteiger partial charge on any atom is 0.573 e. The molecule has 0 heterocycles. The van der Waals surface area contributed by atoms with Gasteiger partial charge in [-0.15, -0.1) is 13.2 Å². The normalized spacial score (nSPS) is 12.1. The lowest BCUT2D eigenvalue weighted by Gasteiger charge is -2.14. The second-order valence-electron chi connectivity index (χ2n) is 5.45. The first-order chi connectivity index (χ1) is 13.1. The summed E-state index contributed by atoms with van der Waals surface area (Å²) in [5.41, 5.74) is -0.229. The lowest BCUT2D eigenvalue weighted by molar-refractivity contribution is -0.274. The number of ether oxygens (including phenoxy) is 3. The molecular formula is C18H15F4NO5. The van der Waals surface area contributed by atoms with Crippen molar-refractivity contribution in [2.45, 2.75) is 19.4 Å². The Morgan fingerprint density at radius 2 is 1.64 bits per heavy atom. The van der Waals surface area contributed by atoms with Gasteiger partial charge in [0, 0.05) is 11.8 Å². The summed E-state index contributed by atoms with van der Waals surface area (Å²) in [5, 5.41) is 2.35. The quantitative estimate of drug-likeness (QED) is 0.587. The van der Waals surface area contributed by atoms with Crippen molar-refractivity contribution < 1.29 is 41.4 Å². The van der Waals surface area contributed by atoms with Gasteiger partial charge in [0.2, 0.25) is 0 Å². The Hall–Kier alpha value is -3.30. The molecule has 1 N–H and O–H groups in total. The number of anilines is 1. The summed E-state index contributed by atoms with van der Waals surface area (Å²) < 4.78 is 63.7. The van der Waals surface area contributed by atoms with Crippen molar-refractivity contribution in [1.29, 1.82) is 0 Å². The summed E-state index contributed by atoms with van der Waals surface area (Å²) >= 11 is 0. The van der Waals surface area contributed by atoms with Gasteiger partial charge in [-0.3, -0.25) is 4.79 Å². The van der Waals surface area contributed by atoms with Crippen LogP contribution in [0.4, 0.5) is 23.2 Å². The SMILES string of the molecule is COc1ccc(C(=O)O[C@H](C)C(=O)Nc2ccc(OC(F)(F)F)cc2)c(F)c1. The first kappa shape index (κ1) is 21.0. The Labute approximate surface area is 157 Å². The van der Waals surface area contributed by atoms with E-state index in [1.165, 1.54) is 32.2 Å². The lowest BCUT2D eigenvalue weighted by atomic mass is 10.2. The summed E-state index contributed by atoms with van der Waals surface area (Å²) in [5.74, 6) is -2.95. The fourth-order valence-corrected chi connectivity index (χ4v) is 2.05. The van der Waals surface area contributed by atoms with Crippen LogP contribution in [0.2, 0.25) is 0 Å². The Morgan fingerprint density at radius 3 is 2.18 bits per heavy atom. The van der Waals surface area contributed by atoms with Crippen LogP contribution in [0.25, 0.3) is 0 Å². The minimum atomic E-state index is -4.83. The number of esters is 1. The molecule has 10 heteroatoms. The van der Waals surface area contributed by atoms with Gasteiger partial charge in [0.1, 0.15) is 17.3 Å². The fraction of sp³-hybridized carbons (Fsp3) is 0.222. The number of benzene rings is 2. The van der Waals surface area contributed by atoms with Gasteiger partial charge in [-0.1, -0.05) is 0 Å². The number of hydrogen-bond donors (Lipinski definition) is 1. The number of carbonyl (C=O) groups is 2. The Kier molecular flexibility index (Phi) is 6.45. The zero-order chi connectivity index (χ0) is 20.9. The minimum absolute atomic E-state index is 0.151. The Morgan fingerprint density at radius 1 is 1.04 bits per heavy atom. The average Bonchev–Trinajstić information content (AvgIpc) is 2.61. The number of nitrogens with one attached hydrogen (secondary N) is 1. The van der Waals surface area contributed by atoms with Crippen LogP contribution in [0, 0.1) is 5.82 Å². The fourth-order valence-electron chi connectivity index (χ4n) is 2.05. The summed E-state index contributed by atoms with van der Waals surface area (Å²) in [7, 11) is 1.33. The third kappa shape index (κ3) is 5.86. The van der Waals surface area contributed by atoms with Crippen molar-refractivity contribution in [3.63, 3.8) is 0 Å². The molecule has 0 aliphatic heterocycles. The van der Waals surface area contributed by atoms with E-state index in [2.05, 4.69) is 10.1 Å². The molecule has 2 rings (SSSR count). The van der Waals surface area contributed by atoms with Crippen LogP contribution in [-0.2, 0) is 9.53 Å². The highest BCUT2D eigenvalue weighted by Crippen LogP contribution is 2.24. The zero-order valence-corrected chi connectivity index (χ0v) is 14.7. The lowest BCUT2D eigenvalue weighted by Crippen LogP contribution is -2.30. The van der Waals surface area contributed by atoms with E-state index in [1.54, 1.807) is 0 Å². The van der Waals surface area contributed by atoms with Crippen molar-refractivity contribution in [2.24, 2.45) is 0 Å². The highest BCUT2D eigenvalue weighted by Gasteiger charge is 2.31. The average molecular weight is 401 g/mol. The van der Waals surface area contributed by atoms with Gasteiger partial charge in [-0.25, -0.2) is 9.18 Å². The van der Waals surface area contributed by atoms with Crippen LogP contribution >= 0.6 is 0 Å². The second-order valence-corrected chi connectivity index (χ2v) is 5.45. The van der Waals surface area contributed by atoms with E-state index in [4.69, 9.17) is 9.47 Å². The molecule has 2 aromatic rings. The largest absolute Gasteiger partial charge is 0.573 e. The van der Waals surface area contributed by atoms with Crippen molar-refractivity contribution in [3.8, 4) is 11.5 Å². The second kappa shape index (κ2) is 8.59. The number of alkyl halides is 3. The molecule has 0 spiro atoms. The molecule has 0 aromatic heterocycles. The molecule has 6 nitrogen and oxygen atoms in total. The van der Waals surface area contributed by atoms with E-state index in [0.29, 0.717) is 0 Å². The van der Waals surface area contributed by atoms with Crippen LogP contribution in [-0.4, -0.2) is 31.5 Å². The zero-order valence-electron chi connectivity index (χ0n) is 14.7. The number of halogens is 4. The molecule has 0 bridgehead atoms. The molecule has 2 aromatic carbocycles. The number of methoxy groups -OCH3 is 1. The first-order valence-electron chi connectivity index (χ1n) is 7.80. The monoisotopic (exact) mass is 401 g/mol. The summed E-state index contributed by atoms with van der Waals surface area (Å²) in [6.45, 7) is 1.26. The van der Waals surface area contributed by atoms with Gasteiger partial charge in [0.15, 0.2) is 6.10 Å². The summed E-state index contributed by atoms with van der Waals surface area (Å²) in [4.78, 5) is 24.1. The summed E-state index contributed by atoms with van der Waals surface area (Å²) in [6.07, 6.45) is -6.12. The van der Waals surface area contributed by atoms with Gasteiger partial charge in [-0.2, -0.15) is 0 Å². The van der Waals surface area contributed by atoms with Crippen LogP contribution in [0.1, 0.15) is 17.3 Å². The van der Waals surface area contributed by atoms with E-state index in [0.717, 1.165) is 24.3 Å². The molecule has 0 saturated heterocycles.